The van der Waals surface area contributed by atoms with Crippen LogP contribution in [0.5, 0.6) is 5.88 Å². The van der Waals surface area contributed by atoms with Gasteiger partial charge >= 0.3 is 5.97 Å². The largest absolute Gasteiger partial charge is 0.490 e. The summed E-state index contributed by atoms with van der Waals surface area (Å²) < 4.78 is 6.83. The Hall–Kier alpha value is -3.93. The molecule has 0 unspecified atom stereocenters. The number of aromatic nitrogens is 2. The molecule has 1 aromatic carbocycles. The second kappa shape index (κ2) is 11.0. The number of carbonyl (C=O) groups is 1. The number of hydrogen-bond donors (Lipinski definition) is 5. The van der Waals surface area contributed by atoms with Crippen molar-refractivity contribution in [3.63, 3.8) is 0 Å². The van der Waals surface area contributed by atoms with E-state index in [1.807, 2.05) is 13.0 Å². The molecule has 0 radical (unpaired) electrons. The van der Waals surface area contributed by atoms with Gasteiger partial charge in [-0.05, 0) is 32.0 Å². The number of H-pyrrole nitrogens is 1. The lowest BCUT2D eigenvalue weighted by Gasteiger charge is -2.26. The van der Waals surface area contributed by atoms with Crippen LogP contribution in [0.25, 0.3) is 5.69 Å². The zero-order chi connectivity index (χ0) is 25.6. The van der Waals surface area contributed by atoms with E-state index in [0.29, 0.717) is 11.3 Å². The molecular formula is C24H27N4O7+. The summed E-state index contributed by atoms with van der Waals surface area (Å²) in [6.07, 6.45) is 3.49. The van der Waals surface area contributed by atoms with Gasteiger partial charge in [0.1, 0.15) is 12.3 Å². The number of nitrogens with one attached hydrogen (secondary N) is 1. The fourth-order valence-electron chi connectivity index (χ4n) is 3.28. The first kappa shape index (κ1) is 25.7. The minimum absolute atomic E-state index is 0.0279. The number of benzene rings is 1. The summed E-state index contributed by atoms with van der Waals surface area (Å²) in [5, 5.41) is 46.7. The Bertz CT molecular complexity index is 1290. The third-order valence-corrected chi connectivity index (χ3v) is 5.49. The molecule has 35 heavy (non-hydrogen) atoms. The van der Waals surface area contributed by atoms with Gasteiger partial charge in [0.15, 0.2) is 18.1 Å². The van der Waals surface area contributed by atoms with Gasteiger partial charge in [0.25, 0.3) is 17.1 Å². The minimum atomic E-state index is -1.38. The highest BCUT2D eigenvalue weighted by atomic mass is 16.5. The summed E-state index contributed by atoms with van der Waals surface area (Å²) in [5.41, 5.74) is -0.355. The smallest absolute Gasteiger partial charge is 0.340 e. The second-order valence-electron chi connectivity index (χ2n) is 8.18. The topological polar surface area (TPSA) is 169 Å². The van der Waals surface area contributed by atoms with Gasteiger partial charge in [0, 0.05) is 11.6 Å². The Kier molecular flexibility index (Phi) is 8.07. The quantitative estimate of drug-likeness (QED) is 0.175. The molecule has 0 saturated carbocycles. The number of carbonyl (C=O) groups excluding carboxylic acids is 1. The lowest BCUT2D eigenvalue weighted by Crippen LogP contribution is -2.39. The third kappa shape index (κ3) is 5.60. The van der Waals surface area contributed by atoms with Gasteiger partial charge in [-0.15, -0.1) is 10.2 Å². The Labute approximate surface area is 200 Å². The van der Waals surface area contributed by atoms with Gasteiger partial charge in [-0.25, -0.2) is 4.79 Å². The highest BCUT2D eigenvalue weighted by molar-refractivity contribution is 5.94. The van der Waals surface area contributed by atoms with Gasteiger partial charge in [0.05, 0.1) is 36.4 Å². The normalized spacial score (nSPS) is 11.7. The number of nitrogens with zero attached hydrogens (tertiary/aromatic N) is 3. The lowest BCUT2D eigenvalue weighted by atomic mass is 9.92. The Morgan fingerprint density at radius 3 is 2.40 bits per heavy atom. The fourth-order valence-corrected chi connectivity index (χ4v) is 3.28. The van der Waals surface area contributed by atoms with E-state index in [2.05, 4.69) is 15.2 Å². The minimum Gasteiger partial charge on any atom is -0.490 e. The molecule has 3 rings (SSSR count). The SMILES string of the molecule is Cc1ccc[n+](-c2c(O)[nH]c(=O)c(/N=N\c3ccccc3C(=O)OCC(CO)(CO)CO)c2C)c1. The number of aliphatic hydroxyl groups excluding tert-OH is 3. The lowest BCUT2D eigenvalue weighted by molar-refractivity contribution is -0.597. The van der Waals surface area contributed by atoms with Crippen LogP contribution in [0.15, 0.2) is 63.8 Å². The summed E-state index contributed by atoms with van der Waals surface area (Å²) in [4.78, 5) is 27.5. The van der Waals surface area contributed by atoms with Crippen molar-refractivity contribution in [1.29, 1.82) is 0 Å². The molecule has 5 N–H and O–H groups in total. The maximum atomic E-state index is 12.6. The van der Waals surface area contributed by atoms with Gasteiger partial charge < -0.3 is 25.2 Å². The number of esters is 1. The number of pyridine rings is 2. The van der Waals surface area contributed by atoms with E-state index in [9.17, 15) is 30.0 Å². The first-order valence-corrected chi connectivity index (χ1v) is 10.7. The van der Waals surface area contributed by atoms with Crippen molar-refractivity contribution >= 4 is 17.3 Å². The number of aromatic amines is 1. The van der Waals surface area contributed by atoms with Crippen molar-refractivity contribution < 1.29 is 34.5 Å². The van der Waals surface area contributed by atoms with E-state index in [1.165, 1.54) is 12.1 Å². The van der Waals surface area contributed by atoms with Crippen LogP contribution in [0, 0.1) is 19.3 Å². The van der Waals surface area contributed by atoms with Crippen LogP contribution in [0.1, 0.15) is 21.5 Å². The maximum absolute atomic E-state index is 12.6. The summed E-state index contributed by atoms with van der Waals surface area (Å²) >= 11 is 0. The highest BCUT2D eigenvalue weighted by Gasteiger charge is 2.30. The van der Waals surface area contributed by atoms with E-state index in [1.54, 1.807) is 42.1 Å². The van der Waals surface area contributed by atoms with Crippen LogP contribution >= 0.6 is 0 Å². The van der Waals surface area contributed by atoms with Crippen molar-refractivity contribution in [1.82, 2.24) is 4.98 Å². The molecule has 0 bridgehead atoms. The molecule has 0 atom stereocenters. The zero-order valence-corrected chi connectivity index (χ0v) is 19.3. The number of hydrogen-bond acceptors (Lipinski definition) is 9. The molecule has 11 nitrogen and oxygen atoms in total. The average molecular weight is 484 g/mol. The number of aliphatic hydroxyl groups is 3. The van der Waals surface area contributed by atoms with Crippen molar-refractivity contribution in [2.45, 2.75) is 13.8 Å². The molecule has 3 aromatic rings. The Morgan fingerprint density at radius 2 is 1.74 bits per heavy atom. The second-order valence-corrected chi connectivity index (χ2v) is 8.18. The first-order valence-electron chi connectivity index (χ1n) is 10.7. The number of azo groups is 1. The summed E-state index contributed by atoms with van der Waals surface area (Å²) in [5.74, 6) is -1.14. The van der Waals surface area contributed by atoms with Gasteiger partial charge in [-0.1, -0.05) is 12.1 Å². The fraction of sp³-hybridized carbons (Fsp3) is 0.292. The summed E-state index contributed by atoms with van der Waals surface area (Å²) in [7, 11) is 0. The van der Waals surface area contributed by atoms with Crippen molar-refractivity contribution in [2.75, 3.05) is 26.4 Å². The van der Waals surface area contributed by atoms with E-state index in [4.69, 9.17) is 4.74 Å². The number of rotatable bonds is 9. The van der Waals surface area contributed by atoms with Crippen molar-refractivity contribution in [2.24, 2.45) is 15.6 Å². The van der Waals surface area contributed by atoms with E-state index in [0.717, 1.165) is 5.56 Å². The molecular weight excluding hydrogens is 456 g/mol. The van der Waals surface area contributed by atoms with E-state index < -0.39 is 43.4 Å². The highest BCUT2D eigenvalue weighted by Crippen LogP contribution is 2.27. The van der Waals surface area contributed by atoms with Crippen LogP contribution in [-0.2, 0) is 4.74 Å². The average Bonchev–Trinajstić information content (AvgIpc) is 2.85. The molecule has 0 fully saturated rings. The van der Waals surface area contributed by atoms with Crippen molar-refractivity contribution in [3.8, 4) is 11.6 Å². The molecule has 0 spiro atoms. The van der Waals surface area contributed by atoms with Gasteiger partial charge in [-0.2, -0.15) is 4.57 Å². The Balaban J connectivity index is 1.95. The predicted octanol–water partition coefficient (Wildman–Crippen LogP) is 1.51. The number of aryl methyl sites for hydroxylation is 1. The molecule has 0 aliphatic carbocycles. The van der Waals surface area contributed by atoms with Crippen LogP contribution in [-0.4, -0.2) is 57.8 Å². The molecule has 184 valence electrons. The molecule has 0 aliphatic heterocycles. The molecule has 2 aromatic heterocycles. The monoisotopic (exact) mass is 483 g/mol. The summed E-state index contributed by atoms with van der Waals surface area (Å²) in [6.45, 7) is 1.33. The summed E-state index contributed by atoms with van der Waals surface area (Å²) in [6, 6.07) is 9.82. The number of aromatic hydroxyl groups is 1. The predicted molar refractivity (Wildman–Crippen MR) is 124 cm³/mol. The molecule has 0 aliphatic rings. The third-order valence-electron chi connectivity index (χ3n) is 5.49. The van der Waals surface area contributed by atoms with E-state index >= 15 is 0 Å². The maximum Gasteiger partial charge on any atom is 0.340 e. The zero-order valence-electron chi connectivity index (χ0n) is 19.3. The molecule has 0 saturated heterocycles. The van der Waals surface area contributed by atoms with Crippen LogP contribution in [0.3, 0.4) is 0 Å². The van der Waals surface area contributed by atoms with E-state index in [-0.39, 0.29) is 22.8 Å². The van der Waals surface area contributed by atoms with Crippen LogP contribution < -0.4 is 10.1 Å². The van der Waals surface area contributed by atoms with Gasteiger partial charge in [-0.3, -0.25) is 9.78 Å². The van der Waals surface area contributed by atoms with Crippen LogP contribution in [0.2, 0.25) is 0 Å². The standard InChI is InChI=1S/C24H26N4O7/c1-15-6-5-9-28(10-15)20-16(2)19(21(32)25-22(20)33)27-26-18-8-4-3-7-17(18)23(34)35-14-24(11-29,12-30)13-31/h3-10,29-31H,11-14H2,1-2H3,(H-,25,26,32,33,34)/p+1. The molecule has 2 heterocycles. The molecule has 0 amide bonds. The van der Waals surface area contributed by atoms with Crippen LogP contribution in [0.4, 0.5) is 11.4 Å². The number of ether oxygens (including phenoxy) is 1. The first-order chi connectivity index (χ1) is 16.7. The van der Waals surface area contributed by atoms with Crippen molar-refractivity contribution in [3.05, 3.63) is 75.8 Å². The molecule has 11 heteroatoms. The van der Waals surface area contributed by atoms with Gasteiger partial charge in [0.2, 0.25) is 0 Å². The Morgan fingerprint density at radius 1 is 1.06 bits per heavy atom.